The van der Waals surface area contributed by atoms with Crippen molar-refractivity contribution in [2.45, 2.75) is 6.61 Å². The molecule has 2 aromatic heterocycles. The molecule has 116 valence electrons. The molecule has 0 aliphatic rings. The van der Waals surface area contributed by atoms with Crippen molar-refractivity contribution in [3.05, 3.63) is 65.2 Å². The van der Waals surface area contributed by atoms with E-state index in [-0.39, 0.29) is 18.3 Å². The number of halogens is 1. The van der Waals surface area contributed by atoms with Crippen LogP contribution < -0.4 is 5.32 Å². The molecule has 0 atom stereocenters. The van der Waals surface area contributed by atoms with Crippen molar-refractivity contribution >= 4 is 22.9 Å². The number of carbonyl (C=O) groups excluding carboxylic acids is 1. The summed E-state index contributed by atoms with van der Waals surface area (Å²) in [6, 6.07) is 7.88. The minimum Gasteiger partial charge on any atom is -0.392 e. The number of amides is 1. The van der Waals surface area contributed by atoms with Crippen molar-refractivity contribution in [1.82, 2.24) is 9.97 Å². The number of anilines is 1. The van der Waals surface area contributed by atoms with Gasteiger partial charge in [0, 0.05) is 17.3 Å². The zero-order chi connectivity index (χ0) is 16.2. The van der Waals surface area contributed by atoms with Gasteiger partial charge in [-0.3, -0.25) is 9.78 Å². The zero-order valence-electron chi connectivity index (χ0n) is 11.9. The summed E-state index contributed by atoms with van der Waals surface area (Å²) in [5.41, 5.74) is 1.35. The Morgan fingerprint density at radius 3 is 2.87 bits per heavy atom. The van der Waals surface area contributed by atoms with E-state index >= 15 is 0 Å². The fourth-order valence-corrected chi connectivity index (χ4v) is 2.83. The van der Waals surface area contributed by atoms with Crippen molar-refractivity contribution in [2.24, 2.45) is 0 Å². The highest BCUT2D eigenvalue weighted by molar-refractivity contribution is 7.17. The van der Waals surface area contributed by atoms with Crippen LogP contribution in [0.5, 0.6) is 0 Å². The van der Waals surface area contributed by atoms with Gasteiger partial charge >= 0.3 is 0 Å². The Morgan fingerprint density at radius 1 is 1.26 bits per heavy atom. The minimum atomic E-state index is -0.386. The average Bonchev–Trinajstić information content (AvgIpc) is 3.05. The lowest BCUT2D eigenvalue weighted by molar-refractivity contribution is 0.103. The summed E-state index contributed by atoms with van der Waals surface area (Å²) in [6.45, 7) is -0.207. The number of aliphatic hydroxyl groups excluding tert-OH is 1. The van der Waals surface area contributed by atoms with Crippen LogP contribution in [0.25, 0.3) is 10.6 Å². The van der Waals surface area contributed by atoms with E-state index in [1.807, 2.05) is 0 Å². The summed E-state index contributed by atoms with van der Waals surface area (Å²) in [4.78, 5) is 20.6. The minimum absolute atomic E-state index is 0.207. The Balaban J connectivity index is 1.83. The standard InChI is InChI=1S/C16H12FN3O2S/c17-12-4-2-1-3-11(12)16-19-8-14(23-16)15(22)20-13-7-18-6-5-10(13)9-21/h1-8,21H,9H2,(H,20,22). The number of thiazole rings is 1. The number of benzene rings is 1. The third-order valence-electron chi connectivity index (χ3n) is 3.16. The van der Waals surface area contributed by atoms with Gasteiger partial charge in [0.05, 0.1) is 24.7 Å². The third-order valence-corrected chi connectivity index (χ3v) is 4.19. The van der Waals surface area contributed by atoms with Crippen LogP contribution in [0.2, 0.25) is 0 Å². The van der Waals surface area contributed by atoms with Gasteiger partial charge < -0.3 is 10.4 Å². The molecule has 0 radical (unpaired) electrons. The summed E-state index contributed by atoms with van der Waals surface area (Å²) >= 11 is 1.09. The van der Waals surface area contributed by atoms with Gasteiger partial charge in [0.15, 0.2) is 0 Å². The zero-order valence-corrected chi connectivity index (χ0v) is 12.7. The Labute approximate surface area is 135 Å². The summed E-state index contributed by atoms with van der Waals surface area (Å²) in [7, 11) is 0. The first-order chi connectivity index (χ1) is 11.2. The summed E-state index contributed by atoms with van der Waals surface area (Å²) in [5, 5.41) is 12.4. The van der Waals surface area contributed by atoms with Crippen LogP contribution in [0, 0.1) is 5.82 Å². The molecular weight excluding hydrogens is 317 g/mol. The maximum Gasteiger partial charge on any atom is 0.267 e. The number of pyridine rings is 1. The molecule has 2 heterocycles. The van der Waals surface area contributed by atoms with Gasteiger partial charge in [0.25, 0.3) is 5.91 Å². The second kappa shape index (κ2) is 6.64. The largest absolute Gasteiger partial charge is 0.392 e. The van der Waals surface area contributed by atoms with Crippen LogP contribution >= 0.6 is 11.3 Å². The molecule has 1 aromatic carbocycles. The topological polar surface area (TPSA) is 75.1 Å². The normalized spacial score (nSPS) is 10.5. The summed E-state index contributed by atoms with van der Waals surface area (Å²) in [6.07, 6.45) is 4.39. The Kier molecular flexibility index (Phi) is 4.40. The van der Waals surface area contributed by atoms with Gasteiger partial charge in [-0.05, 0) is 18.2 Å². The van der Waals surface area contributed by atoms with Crippen LogP contribution in [0.15, 0.2) is 48.9 Å². The number of aliphatic hydroxyl groups is 1. The molecule has 0 aliphatic heterocycles. The highest BCUT2D eigenvalue weighted by Gasteiger charge is 2.15. The van der Waals surface area contributed by atoms with Gasteiger partial charge in [-0.1, -0.05) is 12.1 Å². The molecule has 0 bridgehead atoms. The highest BCUT2D eigenvalue weighted by Crippen LogP contribution is 2.28. The van der Waals surface area contributed by atoms with Gasteiger partial charge in [-0.2, -0.15) is 0 Å². The molecular formula is C16H12FN3O2S. The van der Waals surface area contributed by atoms with E-state index < -0.39 is 0 Å². The molecule has 23 heavy (non-hydrogen) atoms. The predicted molar refractivity (Wildman–Crippen MR) is 85.6 cm³/mol. The van der Waals surface area contributed by atoms with Gasteiger partial charge in [-0.15, -0.1) is 11.3 Å². The van der Waals surface area contributed by atoms with Crippen LogP contribution in [0.1, 0.15) is 15.2 Å². The first-order valence-corrected chi connectivity index (χ1v) is 7.56. The summed E-state index contributed by atoms with van der Waals surface area (Å²) < 4.78 is 13.8. The van der Waals surface area contributed by atoms with E-state index in [0.717, 1.165) is 11.3 Å². The molecule has 5 nitrogen and oxygen atoms in total. The molecule has 2 N–H and O–H groups in total. The second-order valence-electron chi connectivity index (χ2n) is 4.65. The maximum atomic E-state index is 13.8. The van der Waals surface area contributed by atoms with Crippen LogP contribution in [-0.4, -0.2) is 21.0 Å². The van der Waals surface area contributed by atoms with Gasteiger partial charge in [0.2, 0.25) is 0 Å². The number of carbonyl (C=O) groups is 1. The second-order valence-corrected chi connectivity index (χ2v) is 5.69. The molecule has 0 spiro atoms. The molecule has 0 aliphatic carbocycles. The lowest BCUT2D eigenvalue weighted by Crippen LogP contribution is -2.12. The van der Waals surface area contributed by atoms with Crippen LogP contribution in [0.4, 0.5) is 10.1 Å². The summed E-state index contributed by atoms with van der Waals surface area (Å²) in [5.74, 6) is -0.767. The lowest BCUT2D eigenvalue weighted by Gasteiger charge is -2.07. The number of aromatic nitrogens is 2. The van der Waals surface area contributed by atoms with E-state index in [4.69, 9.17) is 0 Å². The Morgan fingerprint density at radius 2 is 2.09 bits per heavy atom. The molecule has 0 unspecified atom stereocenters. The number of hydrogen-bond donors (Lipinski definition) is 2. The van der Waals surface area contributed by atoms with Gasteiger partial charge in [0.1, 0.15) is 15.7 Å². The number of rotatable bonds is 4. The molecule has 0 fully saturated rings. The van der Waals surface area contributed by atoms with Crippen molar-refractivity contribution < 1.29 is 14.3 Å². The molecule has 1 amide bonds. The molecule has 7 heteroatoms. The molecule has 0 saturated carbocycles. The smallest absolute Gasteiger partial charge is 0.267 e. The van der Waals surface area contributed by atoms with E-state index in [0.29, 0.717) is 26.7 Å². The number of nitrogens with zero attached hydrogens (tertiary/aromatic N) is 2. The monoisotopic (exact) mass is 329 g/mol. The highest BCUT2D eigenvalue weighted by atomic mass is 32.1. The van der Waals surface area contributed by atoms with Crippen LogP contribution in [-0.2, 0) is 6.61 Å². The maximum absolute atomic E-state index is 13.8. The van der Waals surface area contributed by atoms with Crippen molar-refractivity contribution in [3.8, 4) is 10.6 Å². The first kappa shape index (κ1) is 15.3. The van der Waals surface area contributed by atoms with E-state index in [2.05, 4.69) is 15.3 Å². The SMILES string of the molecule is O=C(Nc1cnccc1CO)c1cnc(-c2ccccc2F)s1. The quantitative estimate of drug-likeness (QED) is 0.771. The number of hydrogen-bond acceptors (Lipinski definition) is 5. The lowest BCUT2D eigenvalue weighted by atomic mass is 10.2. The average molecular weight is 329 g/mol. The van der Waals surface area contributed by atoms with Crippen molar-refractivity contribution in [2.75, 3.05) is 5.32 Å². The van der Waals surface area contributed by atoms with Crippen molar-refractivity contribution in [1.29, 1.82) is 0 Å². The van der Waals surface area contributed by atoms with Gasteiger partial charge in [-0.25, -0.2) is 9.37 Å². The fraction of sp³-hybridized carbons (Fsp3) is 0.0625. The molecule has 3 aromatic rings. The first-order valence-electron chi connectivity index (χ1n) is 6.75. The molecule has 3 rings (SSSR count). The third kappa shape index (κ3) is 3.25. The Hall–Kier alpha value is -2.64. The van der Waals surface area contributed by atoms with Crippen LogP contribution in [0.3, 0.4) is 0 Å². The molecule has 0 saturated heterocycles. The number of nitrogens with one attached hydrogen (secondary N) is 1. The van der Waals surface area contributed by atoms with E-state index in [1.165, 1.54) is 24.7 Å². The Bertz CT molecular complexity index is 851. The fourth-order valence-electron chi connectivity index (χ4n) is 2.00. The van der Waals surface area contributed by atoms with E-state index in [1.54, 1.807) is 24.3 Å². The van der Waals surface area contributed by atoms with E-state index in [9.17, 15) is 14.3 Å². The predicted octanol–water partition coefficient (Wildman–Crippen LogP) is 3.09. The van der Waals surface area contributed by atoms with Crippen molar-refractivity contribution in [3.63, 3.8) is 0 Å².